The molecule has 0 aliphatic rings. The second-order valence-electron chi connectivity index (χ2n) is 3.56. The van der Waals surface area contributed by atoms with Gasteiger partial charge in [-0.3, -0.25) is 4.79 Å². The number of carbonyl (C=O) groups excluding carboxylic acids is 1. The molecule has 1 N–H and O–H groups in total. The molecule has 0 unspecified atom stereocenters. The van der Waals surface area contributed by atoms with Crippen LogP contribution in [0.2, 0.25) is 0 Å². The van der Waals surface area contributed by atoms with E-state index in [-0.39, 0.29) is 11.3 Å². The summed E-state index contributed by atoms with van der Waals surface area (Å²) < 4.78 is 12.9. The predicted molar refractivity (Wildman–Crippen MR) is 64.5 cm³/mol. The third-order valence-corrected chi connectivity index (χ3v) is 2.47. The van der Waals surface area contributed by atoms with Crippen LogP contribution in [0, 0.1) is 5.82 Å². The molecule has 0 aromatic heterocycles. The van der Waals surface area contributed by atoms with Gasteiger partial charge in [-0.2, -0.15) is 0 Å². The van der Waals surface area contributed by atoms with Gasteiger partial charge in [0.15, 0.2) is 5.78 Å². The highest BCUT2D eigenvalue weighted by Crippen LogP contribution is 2.18. The summed E-state index contributed by atoms with van der Waals surface area (Å²) in [6, 6.07) is 3.32. The van der Waals surface area contributed by atoms with Gasteiger partial charge in [0.25, 0.3) is 0 Å². The molecule has 3 nitrogen and oxygen atoms in total. The number of phenolic OH excluding ortho intramolecular Hbond substituents is 1. The predicted octanol–water partition coefficient (Wildman–Crippen LogP) is 2.57. The van der Waals surface area contributed by atoms with E-state index in [2.05, 4.69) is 0 Å². The maximum absolute atomic E-state index is 12.9. The number of halogens is 1. The molecule has 0 saturated carbocycles. The Balaban J connectivity index is 2.86. The van der Waals surface area contributed by atoms with Gasteiger partial charge in [-0.25, -0.2) is 4.39 Å². The van der Waals surface area contributed by atoms with Gasteiger partial charge in [-0.05, 0) is 32.0 Å². The molecule has 0 saturated heterocycles. The number of allylic oxidation sites excluding steroid dienone is 1. The second kappa shape index (κ2) is 6.03. The van der Waals surface area contributed by atoms with Crippen LogP contribution in [0.5, 0.6) is 5.75 Å². The fourth-order valence-electron chi connectivity index (χ4n) is 1.40. The zero-order valence-electron chi connectivity index (χ0n) is 9.98. The van der Waals surface area contributed by atoms with E-state index in [9.17, 15) is 14.3 Å². The Morgan fingerprint density at radius 1 is 1.41 bits per heavy atom. The molecular formula is C13H16FNO2. The number of aromatic hydroxyl groups is 1. The molecule has 1 aromatic carbocycles. The van der Waals surface area contributed by atoms with E-state index in [0.717, 1.165) is 25.2 Å². The van der Waals surface area contributed by atoms with Crippen molar-refractivity contribution in [3.05, 3.63) is 41.9 Å². The van der Waals surface area contributed by atoms with Crippen molar-refractivity contribution in [2.24, 2.45) is 0 Å². The van der Waals surface area contributed by atoms with Crippen LogP contribution in [0.15, 0.2) is 30.5 Å². The van der Waals surface area contributed by atoms with Crippen molar-refractivity contribution in [1.29, 1.82) is 0 Å². The van der Waals surface area contributed by atoms with E-state index < -0.39 is 11.6 Å². The van der Waals surface area contributed by atoms with E-state index >= 15 is 0 Å². The SMILES string of the molecule is CCN(C=CC(=O)c1cc(F)ccc1O)CC. The van der Waals surface area contributed by atoms with Crippen molar-refractivity contribution in [3.63, 3.8) is 0 Å². The lowest BCUT2D eigenvalue weighted by Gasteiger charge is -2.14. The Labute approximate surface area is 100 Å². The number of hydrogen-bond acceptors (Lipinski definition) is 3. The minimum atomic E-state index is -0.539. The third-order valence-electron chi connectivity index (χ3n) is 2.47. The van der Waals surface area contributed by atoms with Crippen LogP contribution < -0.4 is 0 Å². The maximum Gasteiger partial charge on any atom is 0.191 e. The summed E-state index contributed by atoms with van der Waals surface area (Å²) in [5.41, 5.74) is -0.0200. The molecule has 0 spiro atoms. The summed E-state index contributed by atoms with van der Waals surface area (Å²) in [6.45, 7) is 5.51. The van der Waals surface area contributed by atoms with Crippen LogP contribution in [-0.2, 0) is 0 Å². The number of benzene rings is 1. The van der Waals surface area contributed by atoms with Gasteiger partial charge in [-0.1, -0.05) is 0 Å². The van der Waals surface area contributed by atoms with Gasteiger partial charge in [-0.15, -0.1) is 0 Å². The summed E-state index contributed by atoms with van der Waals surface area (Å²) in [5.74, 6) is -1.16. The lowest BCUT2D eigenvalue weighted by atomic mass is 10.1. The van der Waals surface area contributed by atoms with Crippen molar-refractivity contribution in [2.45, 2.75) is 13.8 Å². The molecule has 1 rings (SSSR count). The summed E-state index contributed by atoms with van der Waals surface area (Å²) in [7, 11) is 0. The Kier molecular flexibility index (Phi) is 4.69. The van der Waals surface area contributed by atoms with Gasteiger partial charge in [0.1, 0.15) is 11.6 Å². The summed E-state index contributed by atoms with van der Waals surface area (Å²) in [4.78, 5) is 13.6. The van der Waals surface area contributed by atoms with Gasteiger partial charge in [0, 0.05) is 25.4 Å². The molecule has 0 radical (unpaired) electrons. The first-order valence-electron chi connectivity index (χ1n) is 5.53. The minimum absolute atomic E-state index is 0.0200. The Hall–Kier alpha value is -1.84. The third kappa shape index (κ3) is 3.59. The highest BCUT2D eigenvalue weighted by molar-refractivity contribution is 6.06. The fourth-order valence-corrected chi connectivity index (χ4v) is 1.40. The fraction of sp³-hybridized carbons (Fsp3) is 0.308. The van der Waals surface area contributed by atoms with Crippen molar-refractivity contribution in [3.8, 4) is 5.75 Å². The van der Waals surface area contributed by atoms with Crippen molar-refractivity contribution < 1.29 is 14.3 Å². The van der Waals surface area contributed by atoms with Crippen molar-refractivity contribution in [2.75, 3.05) is 13.1 Å². The molecular weight excluding hydrogens is 221 g/mol. The number of hydrogen-bond donors (Lipinski definition) is 1. The smallest absolute Gasteiger partial charge is 0.191 e. The van der Waals surface area contributed by atoms with Crippen LogP contribution >= 0.6 is 0 Å². The van der Waals surface area contributed by atoms with E-state index in [1.165, 1.54) is 12.1 Å². The summed E-state index contributed by atoms with van der Waals surface area (Å²) in [5, 5.41) is 9.45. The molecule has 1 aromatic rings. The Morgan fingerprint density at radius 2 is 2.06 bits per heavy atom. The second-order valence-corrected chi connectivity index (χ2v) is 3.56. The number of rotatable bonds is 5. The zero-order valence-corrected chi connectivity index (χ0v) is 9.98. The summed E-state index contributed by atoms with van der Waals surface area (Å²) >= 11 is 0. The van der Waals surface area contributed by atoms with Crippen LogP contribution in [0.4, 0.5) is 4.39 Å². The molecule has 0 aliphatic heterocycles. The largest absolute Gasteiger partial charge is 0.507 e. The highest BCUT2D eigenvalue weighted by Gasteiger charge is 2.09. The average molecular weight is 237 g/mol. The van der Waals surface area contributed by atoms with E-state index in [4.69, 9.17) is 0 Å². The lowest BCUT2D eigenvalue weighted by Crippen LogP contribution is -2.15. The topological polar surface area (TPSA) is 40.5 Å². The van der Waals surface area contributed by atoms with Gasteiger partial charge < -0.3 is 10.0 Å². The average Bonchev–Trinajstić information content (AvgIpc) is 2.33. The molecule has 0 bridgehead atoms. The van der Waals surface area contributed by atoms with E-state index in [1.807, 2.05) is 18.7 Å². The quantitative estimate of drug-likeness (QED) is 0.632. The van der Waals surface area contributed by atoms with E-state index in [0.29, 0.717) is 0 Å². The first kappa shape index (κ1) is 13.2. The number of carbonyl (C=O) groups is 1. The molecule has 0 fully saturated rings. The van der Waals surface area contributed by atoms with Crippen LogP contribution in [-0.4, -0.2) is 28.9 Å². The Morgan fingerprint density at radius 3 is 2.65 bits per heavy atom. The zero-order chi connectivity index (χ0) is 12.8. The molecule has 0 amide bonds. The van der Waals surface area contributed by atoms with Crippen LogP contribution in [0.1, 0.15) is 24.2 Å². The van der Waals surface area contributed by atoms with Crippen molar-refractivity contribution >= 4 is 5.78 Å². The van der Waals surface area contributed by atoms with Crippen LogP contribution in [0.3, 0.4) is 0 Å². The van der Waals surface area contributed by atoms with E-state index in [1.54, 1.807) is 6.20 Å². The highest BCUT2D eigenvalue weighted by atomic mass is 19.1. The standard InChI is InChI=1S/C13H16FNO2/c1-3-15(4-2)8-7-13(17)11-9-10(14)5-6-12(11)16/h5-9,16H,3-4H2,1-2H3. The molecule has 92 valence electrons. The first-order valence-corrected chi connectivity index (χ1v) is 5.53. The lowest BCUT2D eigenvalue weighted by molar-refractivity contribution is 0.104. The maximum atomic E-state index is 12.9. The molecule has 0 atom stereocenters. The molecule has 0 heterocycles. The van der Waals surface area contributed by atoms with Crippen molar-refractivity contribution in [1.82, 2.24) is 4.90 Å². The first-order chi connectivity index (χ1) is 8.08. The molecule has 4 heteroatoms. The normalized spacial score (nSPS) is 10.8. The number of phenols is 1. The van der Waals surface area contributed by atoms with Gasteiger partial charge in [0.2, 0.25) is 0 Å². The summed E-state index contributed by atoms with van der Waals surface area (Å²) in [6.07, 6.45) is 2.98. The Bertz CT molecular complexity index is 425. The number of ketones is 1. The van der Waals surface area contributed by atoms with Crippen LogP contribution in [0.25, 0.3) is 0 Å². The van der Waals surface area contributed by atoms with Gasteiger partial charge >= 0.3 is 0 Å². The van der Waals surface area contributed by atoms with Gasteiger partial charge in [0.05, 0.1) is 5.56 Å². The minimum Gasteiger partial charge on any atom is -0.507 e. The number of nitrogens with zero attached hydrogens (tertiary/aromatic N) is 1. The monoisotopic (exact) mass is 237 g/mol. The molecule has 17 heavy (non-hydrogen) atoms. The molecule has 0 aliphatic carbocycles.